The van der Waals surface area contributed by atoms with E-state index < -0.39 is 0 Å². The predicted molar refractivity (Wildman–Crippen MR) is 68.6 cm³/mol. The molecule has 0 saturated carbocycles. The number of hydrogen-bond acceptors (Lipinski definition) is 4. The maximum atomic E-state index is 10.6. The van der Waals surface area contributed by atoms with Gasteiger partial charge in [0.1, 0.15) is 5.82 Å². The van der Waals surface area contributed by atoms with Gasteiger partial charge in [0.15, 0.2) is 0 Å². The Hall–Kier alpha value is -2.37. The lowest BCUT2D eigenvalue weighted by molar-refractivity contribution is -0.384. The summed E-state index contributed by atoms with van der Waals surface area (Å²) in [5, 5.41) is 13.8. The summed E-state index contributed by atoms with van der Waals surface area (Å²) in [5.41, 5.74) is 1.89. The van der Waals surface area contributed by atoms with Gasteiger partial charge in [0.05, 0.1) is 4.92 Å². The first kappa shape index (κ1) is 12.1. The van der Waals surface area contributed by atoms with Crippen LogP contribution in [-0.4, -0.2) is 21.4 Å². The van der Waals surface area contributed by atoms with Gasteiger partial charge in [-0.05, 0) is 18.6 Å². The lowest BCUT2D eigenvalue weighted by atomic mass is 10.2. The highest BCUT2D eigenvalue weighted by molar-refractivity contribution is 5.55. The van der Waals surface area contributed by atoms with Crippen LogP contribution in [0.4, 0.5) is 11.4 Å². The van der Waals surface area contributed by atoms with Crippen LogP contribution in [0.1, 0.15) is 11.4 Å². The van der Waals surface area contributed by atoms with Crippen LogP contribution in [0, 0.1) is 17.0 Å². The molecule has 1 heterocycles. The first-order valence-electron chi connectivity index (χ1n) is 5.64. The van der Waals surface area contributed by atoms with Crippen LogP contribution in [0.15, 0.2) is 30.6 Å². The lowest BCUT2D eigenvalue weighted by Gasteiger charge is -2.08. The maximum absolute atomic E-state index is 10.6. The van der Waals surface area contributed by atoms with Crippen molar-refractivity contribution in [3.63, 3.8) is 0 Å². The molecule has 18 heavy (non-hydrogen) atoms. The molecule has 0 spiro atoms. The zero-order valence-electron chi connectivity index (χ0n) is 10.0. The molecule has 0 bridgehead atoms. The highest BCUT2D eigenvalue weighted by Gasteiger charge is 2.07. The largest absolute Gasteiger partial charge is 0.384 e. The smallest absolute Gasteiger partial charge is 0.269 e. The molecule has 0 amide bonds. The van der Waals surface area contributed by atoms with E-state index in [1.54, 1.807) is 24.5 Å². The summed E-state index contributed by atoms with van der Waals surface area (Å²) in [7, 11) is 0. The molecule has 2 N–H and O–H groups in total. The van der Waals surface area contributed by atoms with Crippen molar-refractivity contribution in [2.24, 2.45) is 0 Å². The van der Waals surface area contributed by atoms with E-state index in [0.29, 0.717) is 0 Å². The van der Waals surface area contributed by atoms with Gasteiger partial charge < -0.3 is 10.3 Å². The number of aryl methyl sites for hydroxylation is 1. The number of H-pyrrole nitrogens is 1. The third-order valence-corrected chi connectivity index (χ3v) is 2.65. The molecule has 1 aromatic heterocycles. The first-order chi connectivity index (χ1) is 8.66. The van der Waals surface area contributed by atoms with Crippen molar-refractivity contribution < 1.29 is 4.92 Å². The van der Waals surface area contributed by atoms with Crippen LogP contribution >= 0.6 is 0 Å². The molecule has 6 heteroatoms. The van der Waals surface area contributed by atoms with Crippen LogP contribution in [0.3, 0.4) is 0 Å². The highest BCUT2D eigenvalue weighted by atomic mass is 16.6. The van der Waals surface area contributed by atoms with Gasteiger partial charge in [-0.15, -0.1) is 0 Å². The third kappa shape index (κ3) is 2.85. The molecule has 0 unspecified atom stereocenters. The van der Waals surface area contributed by atoms with E-state index >= 15 is 0 Å². The zero-order valence-corrected chi connectivity index (χ0v) is 10.0. The van der Waals surface area contributed by atoms with E-state index in [4.69, 9.17) is 0 Å². The molecule has 2 aromatic rings. The Morgan fingerprint density at radius 3 is 2.94 bits per heavy atom. The summed E-state index contributed by atoms with van der Waals surface area (Å²) in [4.78, 5) is 17.4. The number of anilines is 1. The zero-order chi connectivity index (χ0) is 13.0. The van der Waals surface area contributed by atoms with Crippen molar-refractivity contribution in [1.29, 1.82) is 0 Å². The minimum atomic E-state index is -0.389. The van der Waals surface area contributed by atoms with Crippen LogP contribution in [0.5, 0.6) is 0 Å². The number of aromatic amines is 1. The molecule has 1 aromatic carbocycles. The Morgan fingerprint density at radius 1 is 1.50 bits per heavy atom. The SMILES string of the molecule is Cc1cc([N+](=O)[O-])ccc1NCCc1ncc[nH]1. The Labute approximate surface area is 104 Å². The van der Waals surface area contributed by atoms with Crippen LogP contribution in [-0.2, 0) is 6.42 Å². The van der Waals surface area contributed by atoms with Crippen molar-refractivity contribution in [1.82, 2.24) is 9.97 Å². The Balaban J connectivity index is 1.95. The van der Waals surface area contributed by atoms with E-state index in [9.17, 15) is 10.1 Å². The number of benzene rings is 1. The number of nitro benzene ring substituents is 1. The van der Waals surface area contributed by atoms with Gasteiger partial charge in [-0.25, -0.2) is 4.98 Å². The monoisotopic (exact) mass is 246 g/mol. The van der Waals surface area contributed by atoms with Crippen molar-refractivity contribution in [2.75, 3.05) is 11.9 Å². The number of aromatic nitrogens is 2. The number of nitrogens with zero attached hydrogens (tertiary/aromatic N) is 2. The molecule has 0 aliphatic carbocycles. The predicted octanol–water partition coefficient (Wildman–Crippen LogP) is 2.28. The Kier molecular flexibility index (Phi) is 3.57. The molecule has 0 fully saturated rings. The Bertz CT molecular complexity index is 537. The van der Waals surface area contributed by atoms with Gasteiger partial charge >= 0.3 is 0 Å². The van der Waals surface area contributed by atoms with Crippen LogP contribution in [0.2, 0.25) is 0 Å². The van der Waals surface area contributed by atoms with E-state index in [0.717, 1.165) is 30.0 Å². The molecule has 0 atom stereocenters. The van der Waals surface area contributed by atoms with Crippen molar-refractivity contribution in [3.8, 4) is 0 Å². The number of nitrogens with one attached hydrogen (secondary N) is 2. The molecule has 94 valence electrons. The van der Waals surface area contributed by atoms with Gasteiger partial charge in [0.25, 0.3) is 5.69 Å². The van der Waals surface area contributed by atoms with Gasteiger partial charge in [0.2, 0.25) is 0 Å². The highest BCUT2D eigenvalue weighted by Crippen LogP contribution is 2.20. The van der Waals surface area contributed by atoms with Crippen molar-refractivity contribution >= 4 is 11.4 Å². The van der Waals surface area contributed by atoms with Gasteiger partial charge in [0, 0.05) is 43.2 Å². The van der Waals surface area contributed by atoms with Crippen LogP contribution in [0.25, 0.3) is 0 Å². The van der Waals surface area contributed by atoms with Crippen LogP contribution < -0.4 is 5.32 Å². The summed E-state index contributed by atoms with van der Waals surface area (Å²) in [5.74, 6) is 0.919. The minimum Gasteiger partial charge on any atom is -0.384 e. The summed E-state index contributed by atoms with van der Waals surface area (Å²) in [6, 6.07) is 4.80. The first-order valence-corrected chi connectivity index (χ1v) is 5.64. The number of hydrogen-bond donors (Lipinski definition) is 2. The van der Waals surface area contributed by atoms with E-state index in [2.05, 4.69) is 15.3 Å². The van der Waals surface area contributed by atoms with Crippen molar-refractivity contribution in [3.05, 3.63) is 52.1 Å². The van der Waals surface area contributed by atoms with E-state index in [1.165, 1.54) is 6.07 Å². The lowest BCUT2D eigenvalue weighted by Crippen LogP contribution is -2.07. The molecule has 0 aliphatic rings. The Morgan fingerprint density at radius 2 is 2.33 bits per heavy atom. The quantitative estimate of drug-likeness (QED) is 0.626. The number of imidazole rings is 1. The standard InChI is InChI=1S/C12H14N4O2/c1-9-8-10(16(17)18)2-3-11(9)13-5-4-12-14-6-7-15-12/h2-3,6-8,13H,4-5H2,1H3,(H,14,15). The molecular formula is C12H14N4O2. The normalized spacial score (nSPS) is 10.3. The summed E-state index contributed by atoms with van der Waals surface area (Å²) in [6.07, 6.45) is 4.28. The number of rotatable bonds is 5. The van der Waals surface area contributed by atoms with E-state index in [-0.39, 0.29) is 10.6 Å². The molecule has 2 rings (SSSR count). The fourth-order valence-corrected chi connectivity index (χ4v) is 1.71. The second kappa shape index (κ2) is 5.31. The second-order valence-electron chi connectivity index (χ2n) is 3.97. The topological polar surface area (TPSA) is 83.8 Å². The average Bonchev–Trinajstić information content (AvgIpc) is 2.84. The maximum Gasteiger partial charge on any atom is 0.269 e. The number of nitro groups is 1. The number of non-ortho nitro benzene ring substituents is 1. The second-order valence-corrected chi connectivity index (χ2v) is 3.97. The third-order valence-electron chi connectivity index (χ3n) is 2.65. The molecule has 6 nitrogen and oxygen atoms in total. The molecule has 0 saturated heterocycles. The summed E-state index contributed by atoms with van der Waals surface area (Å²) in [6.45, 7) is 2.58. The summed E-state index contributed by atoms with van der Waals surface area (Å²) < 4.78 is 0. The fraction of sp³-hybridized carbons (Fsp3) is 0.250. The minimum absolute atomic E-state index is 0.115. The molecular weight excluding hydrogens is 232 g/mol. The van der Waals surface area contributed by atoms with Gasteiger partial charge in [-0.2, -0.15) is 0 Å². The average molecular weight is 246 g/mol. The molecule has 0 radical (unpaired) electrons. The van der Waals surface area contributed by atoms with Gasteiger partial charge in [-0.1, -0.05) is 0 Å². The van der Waals surface area contributed by atoms with Crippen molar-refractivity contribution in [2.45, 2.75) is 13.3 Å². The van der Waals surface area contributed by atoms with Gasteiger partial charge in [-0.3, -0.25) is 10.1 Å². The molecule has 0 aliphatic heterocycles. The summed E-state index contributed by atoms with van der Waals surface area (Å²) >= 11 is 0. The fourth-order valence-electron chi connectivity index (χ4n) is 1.71. The van der Waals surface area contributed by atoms with E-state index in [1.807, 2.05) is 6.92 Å².